The summed E-state index contributed by atoms with van der Waals surface area (Å²) in [4.78, 5) is 30.9. The normalized spacial score (nSPS) is 12.3. The van der Waals surface area contributed by atoms with Crippen LogP contribution >= 0.6 is 24.1 Å². The minimum absolute atomic E-state index is 0.00518. The Bertz CT molecular complexity index is 8140. The van der Waals surface area contributed by atoms with Crippen molar-refractivity contribution in [2.24, 2.45) is 50.9 Å². The lowest BCUT2D eigenvalue weighted by Crippen LogP contribution is -2.13. The summed E-state index contributed by atoms with van der Waals surface area (Å²) in [5, 5.41) is 133. The summed E-state index contributed by atoms with van der Waals surface area (Å²) in [6.45, 7) is 13.0. The van der Waals surface area contributed by atoms with Crippen LogP contribution in [0.2, 0.25) is 0 Å². The van der Waals surface area contributed by atoms with Crippen molar-refractivity contribution < 1.29 is 108 Å². The zero-order chi connectivity index (χ0) is 100. The Morgan fingerprint density at radius 2 is 0.754 bits per heavy atom. The number of azo groups is 4. The van der Waals surface area contributed by atoms with Crippen molar-refractivity contribution in [3.63, 3.8) is 0 Å². The van der Waals surface area contributed by atoms with Crippen molar-refractivity contribution in [3.05, 3.63) is 144 Å². The van der Waals surface area contributed by atoms with Gasteiger partial charge in [-0.05, 0) is 139 Å². The summed E-state index contributed by atoms with van der Waals surface area (Å²) in [6, 6.07) is 19.5. The second-order valence-electron chi connectivity index (χ2n) is 27.4. The molecule has 0 saturated carbocycles. The molecule has 14 aromatic rings. The number of aromatic nitrogens is 22. The van der Waals surface area contributed by atoms with Gasteiger partial charge in [-0.3, -0.25) is 28.2 Å². The van der Waals surface area contributed by atoms with E-state index in [9.17, 15) is 80.3 Å². The zero-order valence-corrected chi connectivity index (χ0v) is 76.5. The van der Waals surface area contributed by atoms with Crippen molar-refractivity contribution in [3.8, 4) is 70.7 Å². The standard InChI is InChI=1S/C37H37N19O11S4.C31H25N19O13S4/c1-21-29(47-49-33-23(18-38)19-42-53(33)24-6-10-26(11-7-24)68(58,59)14-4-16-70(62,63)64)31(39)55(51-21)35-44-36(46-37(57)45-35)56-32(40)30(22(2)52-56)48-50-34-28(41-3)20-43-54(34)25-8-12-27(13-9-25)69(60,61)15-5-17-71(65,66)67;1-13-23(41-43-27-15(10-32)11-36-47(27)19-9-17(66(54,55)56)5-6-21(19)65-63-61-53)25(33)49(45-13)29-38-30(40-31(51)39-29)50-26(34)24(14(2)46-50)42-44-28-18(35-3)12-37-48(28)20-8-16(64-62-60-52)4-7-22(20)67(57,58)59/h6-13,19-20H,3-5,14-17,39-40H2,1-2H3,(H,62,63,64)(H,65,66,67)(H,44,45,46,57);4-9,11-12,52-53H,3,33-34H2,1-2H3,(H,54,55,56)(H,57,58,59)(H,38,39,40,51). The molecular weight excluding hydrogens is 1990 g/mol. The Kier molecular flexibility index (Phi) is 29.1. The number of hydrogen-bond acceptors (Lipinski definition) is 52. The molecule has 716 valence electrons. The zero-order valence-electron chi connectivity index (χ0n) is 69.9. The van der Waals surface area contributed by atoms with Gasteiger partial charge >= 0.3 is 12.0 Å². The maximum Gasteiger partial charge on any atom is 0.320 e. The number of anilines is 4. The van der Waals surface area contributed by atoms with Crippen LogP contribution in [0.5, 0.6) is 12.0 Å². The van der Waals surface area contributed by atoms with Gasteiger partial charge in [0, 0.05) is 4.90 Å². The maximum absolute atomic E-state index is 12.8. The van der Waals surface area contributed by atoms with Crippen LogP contribution in [0.25, 0.3) is 46.5 Å². The molecule has 4 aromatic carbocycles. The molecule has 0 aliphatic rings. The quantitative estimate of drug-likeness (QED) is 0.00446. The molecule has 0 bridgehead atoms. The number of sulfone groups is 2. The van der Waals surface area contributed by atoms with Crippen molar-refractivity contribution >= 4 is 178 Å². The Labute approximate surface area is 781 Å². The number of aromatic hydroxyl groups is 2. The van der Waals surface area contributed by atoms with Crippen molar-refractivity contribution in [2.45, 2.75) is 69.9 Å². The fourth-order valence-corrected chi connectivity index (χ4v) is 18.2. The van der Waals surface area contributed by atoms with E-state index in [-0.39, 0.29) is 182 Å². The summed E-state index contributed by atoms with van der Waals surface area (Å²) in [6.07, 6.45) is 4.13. The highest BCUT2D eigenvalue weighted by Gasteiger charge is 2.30. The number of nitriles is 2. The van der Waals surface area contributed by atoms with Crippen LogP contribution < -0.4 is 22.9 Å². The van der Waals surface area contributed by atoms with Gasteiger partial charge in [0.25, 0.3) is 64.3 Å². The molecule has 0 aliphatic heterocycles. The summed E-state index contributed by atoms with van der Waals surface area (Å²) >= 11 is 0.893. The molecule has 0 radical (unpaired) electrons. The lowest BCUT2D eigenvalue weighted by atomic mass is 10.3. The Morgan fingerprint density at radius 3 is 1.13 bits per heavy atom. The number of aryl methyl sites for hydroxylation is 4. The maximum atomic E-state index is 12.8. The van der Waals surface area contributed by atoms with Gasteiger partial charge in [-0.25, -0.2) is 46.1 Å². The first-order valence-corrected chi connectivity index (χ1v) is 48.3. The monoisotopic (exact) mass is 2050 g/mol. The predicted octanol–water partition coefficient (Wildman–Crippen LogP) is 7.72. The fourth-order valence-electron chi connectivity index (χ4n) is 12.2. The molecule has 14 rings (SSSR count). The summed E-state index contributed by atoms with van der Waals surface area (Å²) in [5.41, 5.74) is 26.4. The van der Waals surface area contributed by atoms with Gasteiger partial charge in [-0.1, -0.05) is 10.1 Å². The van der Waals surface area contributed by atoms with Crippen LogP contribution in [-0.4, -0.2) is 234 Å². The minimum Gasteiger partial charge on any atom is -0.479 e. The predicted molar refractivity (Wildman–Crippen MR) is 474 cm³/mol. The number of nitrogens with two attached hydrogens (primary N) is 4. The van der Waals surface area contributed by atoms with Crippen LogP contribution in [0.3, 0.4) is 0 Å². The van der Waals surface area contributed by atoms with Gasteiger partial charge in [0.2, 0.25) is 11.6 Å². The number of aliphatic imine (C=N–C) groups is 2. The molecule has 10 heterocycles. The van der Waals surface area contributed by atoms with E-state index in [1.807, 2.05) is 12.1 Å². The number of nitrogen functional groups attached to an aromatic ring is 4. The molecule has 0 aliphatic carbocycles. The SMILES string of the molecule is C=Nc1cnn(-c2cc(SOOO)ccc2S(=O)(=O)O)c1N=Nc1c(C)nn(-c2nc(O)nc(-n3nc(C)c(N=Nc4c(C#N)cnn4-c4cc(S(=O)(=O)O)ccc4SOOO)c3N)n2)c1N.C=Nc1cnn(-c2ccc(S(=O)(=O)CCCS(=O)(=O)O)cc2)c1N=Nc1c(C)nn(-c2nc(O)nc(-n3nc(C)c(N=Nc4c(C#N)cnn4-c4ccc(S(=O)(=O)CCCS(=O)(=O)O)cc4)c3N)n2)c1N. The van der Waals surface area contributed by atoms with E-state index in [0.29, 0.717) is 29.8 Å². The van der Waals surface area contributed by atoms with Crippen LogP contribution in [-0.2, 0) is 78.9 Å². The molecule has 0 saturated heterocycles. The average molecular weight is 2050 g/mol. The summed E-state index contributed by atoms with van der Waals surface area (Å²) < 4.78 is 199. The molecular formula is C68H62N38O24S8. The van der Waals surface area contributed by atoms with Crippen LogP contribution in [0, 0.1) is 50.4 Å². The smallest absolute Gasteiger partial charge is 0.320 e. The van der Waals surface area contributed by atoms with E-state index in [1.54, 1.807) is 0 Å². The van der Waals surface area contributed by atoms with E-state index in [4.69, 9.17) is 42.6 Å². The second kappa shape index (κ2) is 40.3. The van der Waals surface area contributed by atoms with Crippen molar-refractivity contribution in [2.75, 3.05) is 45.9 Å². The largest absolute Gasteiger partial charge is 0.479 e. The minimum atomic E-state index is -4.86. The van der Waals surface area contributed by atoms with Gasteiger partial charge in [0.15, 0.2) is 77.3 Å². The Morgan fingerprint density at radius 1 is 0.406 bits per heavy atom. The third kappa shape index (κ3) is 22.0. The van der Waals surface area contributed by atoms with Crippen molar-refractivity contribution in [1.82, 2.24) is 108 Å². The summed E-state index contributed by atoms with van der Waals surface area (Å²) in [7, 11) is -26.1. The fraction of sp³-hybridized carbons (Fsp3) is 0.147. The molecule has 16 N–H and O–H groups in total. The third-order valence-electron chi connectivity index (χ3n) is 18.4. The highest BCUT2D eigenvalue weighted by Crippen LogP contribution is 2.42. The molecule has 70 heteroatoms. The van der Waals surface area contributed by atoms with Gasteiger partial charge in [0.1, 0.15) is 39.5 Å². The average Bonchev–Trinajstić information content (AvgIpc) is 1.59. The lowest BCUT2D eigenvalue weighted by molar-refractivity contribution is -0.432. The number of hydrogen-bond donors (Lipinski definition) is 12. The lowest BCUT2D eigenvalue weighted by Gasteiger charge is -2.10. The first kappa shape index (κ1) is 99.6. The van der Waals surface area contributed by atoms with Crippen molar-refractivity contribution in [1.29, 1.82) is 10.5 Å². The van der Waals surface area contributed by atoms with Crippen LogP contribution in [0.1, 0.15) is 46.7 Å². The number of rotatable bonds is 36. The highest BCUT2D eigenvalue weighted by molar-refractivity contribution is 7.95. The van der Waals surface area contributed by atoms with E-state index >= 15 is 0 Å². The molecule has 10 aromatic heterocycles. The number of benzene rings is 4. The topological polar surface area (TPSA) is 899 Å². The van der Waals surface area contributed by atoms with E-state index in [2.05, 4.69) is 154 Å². The Hall–Kier alpha value is -15.9. The van der Waals surface area contributed by atoms with Gasteiger partial charge < -0.3 is 33.1 Å². The van der Waals surface area contributed by atoms with E-state index in [1.165, 1.54) is 122 Å². The van der Waals surface area contributed by atoms with Gasteiger partial charge in [0.05, 0.1) is 137 Å². The third-order valence-corrected chi connectivity index (χ3v) is 26.7. The Balaban J connectivity index is 0.000000233. The second-order valence-corrected chi connectivity index (χ2v) is 39.1. The van der Waals surface area contributed by atoms with Gasteiger partial charge in [-0.15, -0.1) is 49.6 Å². The molecule has 0 spiro atoms. The molecule has 62 nitrogen and oxygen atoms in total. The molecule has 138 heavy (non-hydrogen) atoms. The first-order chi connectivity index (χ1) is 65.3. The molecule has 0 unspecified atom stereocenters. The van der Waals surface area contributed by atoms with Gasteiger partial charge in [-0.2, -0.15) is 134 Å². The summed E-state index contributed by atoms with van der Waals surface area (Å²) in [5.74, 6) is -5.36. The first-order valence-electron chi connectivity index (χ1n) is 37.4. The molecule has 0 atom stereocenters. The molecule has 0 fully saturated rings. The number of nitrogens with zero attached hydrogens (tertiary/aromatic N) is 34. The van der Waals surface area contributed by atoms with E-state index in [0.717, 1.165) is 52.5 Å². The van der Waals surface area contributed by atoms with Crippen LogP contribution in [0.15, 0.2) is 190 Å². The highest BCUT2D eigenvalue weighted by atomic mass is 32.2. The molecule has 0 amide bonds. The van der Waals surface area contributed by atoms with E-state index < -0.39 is 111 Å². The van der Waals surface area contributed by atoms with Crippen LogP contribution in [0.4, 0.5) is 80.7 Å².